The van der Waals surface area contributed by atoms with E-state index in [1.54, 1.807) is 38.5 Å². The number of rotatable bonds is 38. The van der Waals surface area contributed by atoms with Crippen molar-refractivity contribution in [2.75, 3.05) is 65.6 Å². The molecular weight excluding hydrogens is 1240 g/mol. The summed E-state index contributed by atoms with van der Waals surface area (Å²) in [5.74, 6) is -6.51. The summed E-state index contributed by atoms with van der Waals surface area (Å²) < 4.78 is 211. The molecule has 2 aliphatic heterocycles. The Bertz CT molecular complexity index is 3010. The van der Waals surface area contributed by atoms with Crippen LogP contribution in [0, 0.1) is 0 Å². The Labute approximate surface area is 523 Å². The third kappa shape index (κ3) is 23.1. The third-order valence-corrected chi connectivity index (χ3v) is 19.6. The number of phenols is 2. The van der Waals surface area contributed by atoms with E-state index in [9.17, 15) is 71.0 Å². The highest BCUT2D eigenvalue weighted by Gasteiger charge is 2.57. The number of fused-ring (bicyclic) bond motifs is 2. The molecule has 508 valence electrons. The van der Waals surface area contributed by atoms with Gasteiger partial charge in [0.25, 0.3) is 0 Å². The van der Waals surface area contributed by atoms with Crippen LogP contribution < -0.4 is 28.4 Å². The van der Waals surface area contributed by atoms with Crippen molar-refractivity contribution in [1.29, 1.82) is 0 Å². The van der Waals surface area contributed by atoms with E-state index in [1.165, 1.54) is 0 Å². The van der Waals surface area contributed by atoms with Crippen molar-refractivity contribution in [3.05, 3.63) is 107 Å². The summed E-state index contributed by atoms with van der Waals surface area (Å²) in [4.78, 5) is 0. The number of halogens is 10. The van der Waals surface area contributed by atoms with Crippen LogP contribution in [-0.2, 0) is 40.4 Å². The highest BCUT2D eigenvalue weighted by Crippen LogP contribution is 2.52. The minimum absolute atomic E-state index is 0.141. The minimum atomic E-state index is -5.64. The van der Waals surface area contributed by atoms with Crippen molar-refractivity contribution in [3.63, 3.8) is 0 Å². The molecule has 0 amide bonds. The lowest BCUT2D eigenvalue weighted by atomic mass is 9.66. The van der Waals surface area contributed by atoms with Crippen LogP contribution >= 0.6 is 0 Å². The molecule has 6 rings (SSSR count). The molecule has 4 N–H and O–H groups in total. The summed E-state index contributed by atoms with van der Waals surface area (Å²) in [5, 5.41) is 19.7. The highest BCUT2D eigenvalue weighted by molar-refractivity contribution is 7.89. The maximum absolute atomic E-state index is 13.0. The fraction of sp³-hybridized carbons (Fsp3) is 0.625. The van der Waals surface area contributed by atoms with E-state index in [2.05, 4.69) is 41.5 Å². The molecule has 0 aromatic heterocycles. The van der Waals surface area contributed by atoms with Gasteiger partial charge >= 0.3 is 24.2 Å². The average Bonchev–Trinajstić information content (AvgIpc) is 0.767. The Morgan fingerprint density at radius 1 is 0.478 bits per heavy atom. The first-order valence-corrected chi connectivity index (χ1v) is 33.9. The summed E-state index contributed by atoms with van der Waals surface area (Å²) in [6.07, 6.45) is -2.03. The third-order valence-electron chi connectivity index (χ3n) is 16.7. The maximum atomic E-state index is 13.0. The van der Waals surface area contributed by atoms with Gasteiger partial charge in [0.1, 0.15) is 34.5 Å². The van der Waals surface area contributed by atoms with Crippen LogP contribution in [0.2, 0.25) is 0 Å². The van der Waals surface area contributed by atoms with E-state index < -0.39 is 83.0 Å². The molecule has 2 heterocycles. The second-order valence-corrected chi connectivity index (χ2v) is 27.5. The predicted octanol–water partition coefficient (Wildman–Crippen LogP) is 15.7. The number of hydrogen-bond donors (Lipinski definition) is 4. The van der Waals surface area contributed by atoms with Crippen LogP contribution in [0.5, 0.6) is 34.5 Å². The number of phenolic OH excluding ortho intramolecular Hbond substituents is 2. The molecule has 90 heavy (non-hydrogen) atoms. The molecule has 4 aromatic carbocycles. The van der Waals surface area contributed by atoms with E-state index in [0.29, 0.717) is 50.4 Å². The Balaban J connectivity index is 0.000000330. The second kappa shape index (κ2) is 34.6. The Morgan fingerprint density at radius 2 is 0.833 bits per heavy atom. The number of ether oxygens (including phenoxy) is 6. The number of aromatic hydroxyl groups is 2. The van der Waals surface area contributed by atoms with Crippen LogP contribution in [0.15, 0.2) is 84.9 Å². The topological polar surface area (TPSA) is 188 Å². The van der Waals surface area contributed by atoms with Crippen molar-refractivity contribution < 1.29 is 99.4 Å². The molecule has 0 spiro atoms. The van der Waals surface area contributed by atoms with Crippen molar-refractivity contribution in [3.8, 4) is 34.5 Å². The van der Waals surface area contributed by atoms with Crippen molar-refractivity contribution in [1.82, 2.24) is 9.44 Å². The number of alkyl halides is 10. The highest BCUT2D eigenvalue weighted by atomic mass is 32.2. The van der Waals surface area contributed by atoms with Crippen LogP contribution in [0.3, 0.4) is 0 Å². The van der Waals surface area contributed by atoms with E-state index in [1.807, 2.05) is 42.5 Å². The number of methoxy groups -OCH3 is 2. The average molecular weight is 1330 g/mol. The van der Waals surface area contributed by atoms with E-state index in [0.717, 1.165) is 111 Å². The quantitative estimate of drug-likeness (QED) is 0.0189. The predicted molar refractivity (Wildman–Crippen MR) is 323 cm³/mol. The van der Waals surface area contributed by atoms with Crippen LogP contribution in [0.1, 0.15) is 176 Å². The number of sulfonamides is 2. The van der Waals surface area contributed by atoms with Crippen molar-refractivity contribution in [2.24, 2.45) is 0 Å². The maximum Gasteiger partial charge on any atom is 0.453 e. The fourth-order valence-corrected chi connectivity index (χ4v) is 13.8. The minimum Gasteiger partial charge on any atom is -0.508 e. The van der Waals surface area contributed by atoms with Gasteiger partial charge in [-0.3, -0.25) is 0 Å². The molecule has 0 radical (unpaired) electrons. The SMILES string of the molecule is COCOc1ccc([C@@]2(C)COc3cc(OCOC)ccc3C2CCCCCCCCCS(=O)(=O)NCCCC(F)(F)C(F)(F)F)cc1.C[C@]1(c2ccc(O)cc2)COc2cc(O)ccc2C1CCCCCCCCCS(=O)(=O)NCCCC(F)(F)C(F)(F)F. The molecule has 0 bridgehead atoms. The zero-order valence-electron chi connectivity index (χ0n) is 51.6. The van der Waals surface area contributed by atoms with Crippen LogP contribution in [0.25, 0.3) is 0 Å². The fourth-order valence-electron chi connectivity index (χ4n) is 11.4. The van der Waals surface area contributed by atoms with Gasteiger partial charge in [-0.05, 0) is 97.2 Å². The van der Waals surface area contributed by atoms with Gasteiger partial charge in [-0.2, -0.15) is 43.9 Å². The van der Waals surface area contributed by atoms with Gasteiger partial charge in [-0.15, -0.1) is 0 Å². The number of benzene rings is 4. The first-order chi connectivity index (χ1) is 42.4. The Hall–Kier alpha value is -5.28. The van der Waals surface area contributed by atoms with Gasteiger partial charge in [0.15, 0.2) is 13.6 Å². The molecule has 2 unspecified atom stereocenters. The lowest BCUT2D eigenvalue weighted by Gasteiger charge is -2.43. The van der Waals surface area contributed by atoms with Crippen LogP contribution in [0.4, 0.5) is 43.9 Å². The van der Waals surface area contributed by atoms with E-state index in [4.69, 9.17) is 28.4 Å². The van der Waals surface area contributed by atoms with Gasteiger partial charge in [0.05, 0.1) is 24.7 Å². The molecule has 0 saturated heterocycles. The summed E-state index contributed by atoms with van der Waals surface area (Å²) >= 11 is 0. The molecule has 2 aliphatic rings. The van der Waals surface area contributed by atoms with Gasteiger partial charge in [-0.1, -0.05) is 127 Å². The van der Waals surface area contributed by atoms with Gasteiger partial charge < -0.3 is 38.6 Å². The first-order valence-electron chi connectivity index (χ1n) is 30.6. The Kier molecular flexibility index (Phi) is 29.0. The van der Waals surface area contributed by atoms with E-state index in [-0.39, 0.29) is 59.3 Å². The molecule has 0 fully saturated rings. The van der Waals surface area contributed by atoms with Gasteiger partial charge in [-0.25, -0.2) is 26.3 Å². The van der Waals surface area contributed by atoms with Crippen molar-refractivity contribution >= 4 is 20.0 Å². The molecule has 4 atom stereocenters. The Morgan fingerprint density at radius 3 is 1.26 bits per heavy atom. The lowest BCUT2D eigenvalue weighted by Crippen LogP contribution is -2.40. The number of nitrogens with one attached hydrogen (secondary N) is 2. The lowest BCUT2D eigenvalue weighted by molar-refractivity contribution is -0.284. The van der Waals surface area contributed by atoms with E-state index >= 15 is 0 Å². The summed E-state index contributed by atoms with van der Waals surface area (Å²) in [6.45, 7) is 4.71. The monoisotopic (exact) mass is 1330 g/mol. The normalized spacial score (nSPS) is 18.8. The molecule has 0 aliphatic carbocycles. The molecule has 14 nitrogen and oxygen atoms in total. The summed E-state index contributed by atoms with van der Waals surface area (Å²) in [7, 11) is -4.32. The second-order valence-electron chi connectivity index (χ2n) is 23.7. The summed E-state index contributed by atoms with van der Waals surface area (Å²) in [6, 6.07) is 26.3. The number of unbranched alkanes of at least 4 members (excludes halogenated alkanes) is 12. The molecule has 26 heteroatoms. The zero-order chi connectivity index (χ0) is 66.3. The van der Waals surface area contributed by atoms with Crippen LogP contribution in [-0.4, -0.2) is 117 Å². The molecular formula is C64H88F10N2O12S2. The molecule has 0 saturated carbocycles. The largest absolute Gasteiger partial charge is 0.508 e. The molecule has 4 aromatic rings. The summed E-state index contributed by atoms with van der Waals surface area (Å²) in [5.41, 5.74) is 3.76. The standard InChI is InChI=1S/C34H48F5NO7S.C30H40F5NO5S/c1-32(26-13-15-27(16-14-26)46-24-43-2)23-45-31-22-28(47-25-44-3)17-18-29(31)30(32)12-9-7-5-4-6-8-10-21-48(41,42)40-20-11-19-33(35,36)34(37,38)39;1-28(22-11-13-23(37)14-12-22)21-41-27-20-24(38)15-16-25(27)26(28)10-7-5-3-2-4-6-8-19-42(39,40)36-18-9-17-29(31,32)30(33,34)35/h13-18,22,30,40H,4-12,19-21,23-25H2,1-3H3;11-16,20,26,36-38H,2-10,17-19,21H2,1H3/t30?,32-;26?,28-/m11/s1. The smallest absolute Gasteiger partial charge is 0.453 e. The zero-order valence-corrected chi connectivity index (χ0v) is 53.2. The van der Waals surface area contributed by atoms with Crippen molar-refractivity contribution in [2.45, 2.75) is 189 Å². The number of hydrogen-bond acceptors (Lipinski definition) is 12. The van der Waals surface area contributed by atoms with Gasteiger partial charge in [0.2, 0.25) is 20.0 Å². The van der Waals surface area contributed by atoms with Gasteiger partial charge in [0, 0.05) is 74.9 Å². The first kappa shape index (κ1) is 75.4.